The number of imidazole rings is 1. The number of alkyl halides is 3. The average molecular weight is 503 g/mol. The van der Waals surface area contributed by atoms with Crippen molar-refractivity contribution in [3.8, 4) is 22.8 Å². The van der Waals surface area contributed by atoms with E-state index in [1.807, 2.05) is 0 Å². The van der Waals surface area contributed by atoms with E-state index < -0.39 is 29.3 Å². The first kappa shape index (κ1) is 23.8. The van der Waals surface area contributed by atoms with E-state index in [0.29, 0.717) is 42.5 Å². The summed E-state index contributed by atoms with van der Waals surface area (Å²) in [6, 6.07) is 8.15. The highest BCUT2D eigenvalue weighted by molar-refractivity contribution is 5.62. The number of fused-ring (bicyclic) bond motifs is 1. The van der Waals surface area contributed by atoms with Crippen LogP contribution in [0.5, 0.6) is 0 Å². The highest BCUT2D eigenvalue weighted by atomic mass is 19.4. The van der Waals surface area contributed by atoms with E-state index in [4.69, 9.17) is 0 Å². The van der Waals surface area contributed by atoms with Crippen LogP contribution in [0.3, 0.4) is 0 Å². The molecule has 5 nitrogen and oxygen atoms in total. The Kier molecular flexibility index (Phi) is 5.93. The van der Waals surface area contributed by atoms with Gasteiger partial charge in [-0.05, 0) is 30.9 Å². The number of halogens is 6. The van der Waals surface area contributed by atoms with Crippen LogP contribution in [-0.4, -0.2) is 19.5 Å². The Morgan fingerprint density at radius 1 is 0.972 bits per heavy atom. The topological polar surface area (TPSA) is 55.6 Å². The predicted molar refractivity (Wildman–Crippen MR) is 120 cm³/mol. The van der Waals surface area contributed by atoms with Gasteiger partial charge in [0.25, 0.3) is 0 Å². The molecule has 1 aliphatic rings. The van der Waals surface area contributed by atoms with Gasteiger partial charge in [-0.3, -0.25) is 0 Å². The Hall–Kier alpha value is -3.89. The maximum absolute atomic E-state index is 14.4. The quantitative estimate of drug-likeness (QED) is 0.265. The molecule has 5 rings (SSSR count). The number of aromatic nitrogens is 4. The minimum Gasteiger partial charge on any atom is -0.366 e. The zero-order chi connectivity index (χ0) is 25.6. The Bertz CT molecular complexity index is 1440. The largest absolute Gasteiger partial charge is 0.434 e. The maximum Gasteiger partial charge on any atom is 0.434 e. The lowest BCUT2D eigenvalue weighted by Crippen LogP contribution is -2.08. The summed E-state index contributed by atoms with van der Waals surface area (Å²) in [5.41, 5.74) is 1.55. The van der Waals surface area contributed by atoms with Crippen molar-refractivity contribution in [2.75, 3.05) is 5.32 Å². The number of rotatable bonds is 5. The highest BCUT2D eigenvalue weighted by Crippen LogP contribution is 2.32. The van der Waals surface area contributed by atoms with Crippen molar-refractivity contribution in [2.45, 2.75) is 32.0 Å². The summed E-state index contributed by atoms with van der Waals surface area (Å²) in [7, 11) is 1.49. The molecule has 0 unspecified atom stereocenters. The highest BCUT2D eigenvalue weighted by Gasteiger charge is 2.34. The molecule has 0 saturated heterocycles. The molecule has 0 bridgehead atoms. The number of aryl methyl sites for hydroxylation is 2. The van der Waals surface area contributed by atoms with E-state index >= 15 is 0 Å². The summed E-state index contributed by atoms with van der Waals surface area (Å²) >= 11 is 0. The molecule has 0 spiro atoms. The van der Waals surface area contributed by atoms with E-state index in [2.05, 4.69) is 20.3 Å². The van der Waals surface area contributed by atoms with Crippen LogP contribution in [0.25, 0.3) is 22.8 Å². The van der Waals surface area contributed by atoms with Gasteiger partial charge in [0.1, 0.15) is 17.5 Å². The molecule has 1 aliphatic carbocycles. The molecule has 0 amide bonds. The van der Waals surface area contributed by atoms with Gasteiger partial charge in [-0.1, -0.05) is 24.3 Å². The molecule has 2 aromatic carbocycles. The van der Waals surface area contributed by atoms with E-state index in [1.54, 1.807) is 24.3 Å². The Labute approximate surface area is 201 Å². The molecule has 0 atom stereocenters. The molecule has 4 aromatic rings. The van der Waals surface area contributed by atoms with Crippen molar-refractivity contribution < 1.29 is 26.3 Å². The lowest BCUT2D eigenvalue weighted by atomic mass is 10.1. The fraction of sp³-hybridized carbons (Fsp3) is 0.240. The molecule has 2 aromatic heterocycles. The average Bonchev–Trinajstić information content (AvgIpc) is 3.46. The van der Waals surface area contributed by atoms with Gasteiger partial charge in [0.15, 0.2) is 23.2 Å². The van der Waals surface area contributed by atoms with Crippen LogP contribution in [-0.2, 0) is 32.6 Å². The molecule has 0 aliphatic heterocycles. The molecule has 11 heteroatoms. The van der Waals surface area contributed by atoms with Gasteiger partial charge in [-0.15, -0.1) is 0 Å². The second-order valence-electron chi connectivity index (χ2n) is 8.53. The molecular formula is C25H19F6N5. The van der Waals surface area contributed by atoms with E-state index in [9.17, 15) is 26.3 Å². The zero-order valence-corrected chi connectivity index (χ0v) is 18.9. The maximum atomic E-state index is 14.4. The molecular weight excluding hydrogens is 484 g/mol. The van der Waals surface area contributed by atoms with Crippen LogP contribution in [0.2, 0.25) is 0 Å². The van der Waals surface area contributed by atoms with Crippen molar-refractivity contribution in [3.05, 3.63) is 82.6 Å². The first-order chi connectivity index (χ1) is 17.1. The third-order valence-corrected chi connectivity index (χ3v) is 6.01. The standard InChI is InChI=1S/C25H19F6N5/c1-36-12-20(25(29,30)31)34-24(36)14-7-5-13(6-8-14)11-32-22-16-3-2-4-19(16)33-23(35-22)17-9-15(26)10-18(27)21(17)28/h5-10,12H,2-4,11H2,1H3,(H,32,33,35). The molecule has 2 heterocycles. The number of hydrogen-bond donors (Lipinski definition) is 1. The van der Waals surface area contributed by atoms with Gasteiger partial charge in [-0.25, -0.2) is 28.1 Å². The number of nitrogens with zero attached hydrogens (tertiary/aromatic N) is 4. The molecule has 0 saturated carbocycles. The second kappa shape index (κ2) is 8.96. The van der Waals surface area contributed by atoms with Crippen molar-refractivity contribution in [2.24, 2.45) is 7.05 Å². The second-order valence-corrected chi connectivity index (χ2v) is 8.53. The van der Waals surface area contributed by atoms with E-state index in [0.717, 1.165) is 29.8 Å². The van der Waals surface area contributed by atoms with Crippen LogP contribution in [0.1, 0.15) is 28.9 Å². The lowest BCUT2D eigenvalue weighted by molar-refractivity contribution is -0.140. The van der Waals surface area contributed by atoms with Crippen LogP contribution in [0.15, 0.2) is 42.6 Å². The van der Waals surface area contributed by atoms with Crippen molar-refractivity contribution in [1.29, 1.82) is 0 Å². The van der Waals surface area contributed by atoms with Crippen LogP contribution in [0.4, 0.5) is 32.2 Å². The van der Waals surface area contributed by atoms with Gasteiger partial charge in [0, 0.05) is 42.7 Å². The number of hydrogen-bond acceptors (Lipinski definition) is 4. The Morgan fingerprint density at radius 2 is 1.72 bits per heavy atom. The van der Waals surface area contributed by atoms with Crippen LogP contribution >= 0.6 is 0 Å². The summed E-state index contributed by atoms with van der Waals surface area (Å²) in [6.45, 7) is 0.303. The smallest absolute Gasteiger partial charge is 0.366 e. The van der Waals surface area contributed by atoms with Gasteiger partial charge < -0.3 is 9.88 Å². The molecule has 186 valence electrons. The number of nitrogens with one attached hydrogen (secondary N) is 1. The lowest BCUT2D eigenvalue weighted by Gasteiger charge is -2.13. The Balaban J connectivity index is 1.39. The summed E-state index contributed by atoms with van der Waals surface area (Å²) < 4.78 is 82.1. The SMILES string of the molecule is Cn1cc(C(F)(F)F)nc1-c1ccc(CNc2nc(-c3cc(F)cc(F)c3F)nc3c2CCC3)cc1. The number of benzene rings is 2. The normalized spacial score (nSPS) is 13.2. The van der Waals surface area contributed by atoms with Gasteiger partial charge in [-0.2, -0.15) is 13.2 Å². The summed E-state index contributed by atoms with van der Waals surface area (Å²) in [5, 5.41) is 3.18. The minimum absolute atomic E-state index is 0.111. The monoisotopic (exact) mass is 503 g/mol. The van der Waals surface area contributed by atoms with Gasteiger partial charge >= 0.3 is 6.18 Å². The van der Waals surface area contributed by atoms with E-state index in [1.165, 1.54) is 11.6 Å². The molecule has 0 fully saturated rings. The minimum atomic E-state index is -4.53. The molecule has 0 radical (unpaired) electrons. The predicted octanol–water partition coefficient (Wildman–Crippen LogP) is 6.08. The first-order valence-corrected chi connectivity index (χ1v) is 11.1. The third-order valence-electron chi connectivity index (χ3n) is 6.01. The van der Waals surface area contributed by atoms with E-state index in [-0.39, 0.29) is 17.2 Å². The third kappa shape index (κ3) is 4.52. The van der Waals surface area contributed by atoms with Gasteiger partial charge in [0.2, 0.25) is 0 Å². The fourth-order valence-electron chi connectivity index (χ4n) is 4.25. The van der Waals surface area contributed by atoms with Gasteiger partial charge in [0.05, 0.1) is 5.56 Å². The zero-order valence-electron chi connectivity index (χ0n) is 18.9. The van der Waals surface area contributed by atoms with Crippen LogP contribution in [0, 0.1) is 17.5 Å². The number of anilines is 1. The summed E-state index contributed by atoms with van der Waals surface area (Å²) in [6.07, 6.45) is -1.43. The Morgan fingerprint density at radius 3 is 2.42 bits per heavy atom. The molecule has 36 heavy (non-hydrogen) atoms. The van der Waals surface area contributed by atoms with Crippen molar-refractivity contribution >= 4 is 5.82 Å². The van der Waals surface area contributed by atoms with Crippen LogP contribution < -0.4 is 5.32 Å². The van der Waals surface area contributed by atoms with Crippen molar-refractivity contribution in [1.82, 2.24) is 19.5 Å². The fourth-order valence-corrected chi connectivity index (χ4v) is 4.25. The molecule has 1 N–H and O–H groups in total. The van der Waals surface area contributed by atoms with Crippen molar-refractivity contribution in [3.63, 3.8) is 0 Å². The summed E-state index contributed by atoms with van der Waals surface area (Å²) in [5.74, 6) is -2.96. The first-order valence-electron chi connectivity index (χ1n) is 11.1. The summed E-state index contributed by atoms with van der Waals surface area (Å²) in [4.78, 5) is 12.4.